The highest BCUT2D eigenvalue weighted by molar-refractivity contribution is 5.76. The fraction of sp³-hybridized carbons (Fsp3) is 0.667. The van der Waals surface area contributed by atoms with Crippen molar-refractivity contribution in [3.8, 4) is 11.8 Å². The Bertz CT molecular complexity index is 242. The van der Waals surface area contributed by atoms with Crippen LogP contribution in [-0.4, -0.2) is 11.1 Å². The standard InChI is InChI=1S/C9H12O2/c1-4-5-6-7(8(10)11)9(6,2)3/h6-7H,1-3H3,(H,10,11). The molecule has 0 aromatic carbocycles. The van der Waals surface area contributed by atoms with Crippen LogP contribution in [0.15, 0.2) is 0 Å². The number of hydrogen-bond donors (Lipinski definition) is 1. The van der Waals surface area contributed by atoms with Gasteiger partial charge in [0, 0.05) is 5.92 Å². The van der Waals surface area contributed by atoms with Crippen LogP contribution in [0.25, 0.3) is 0 Å². The van der Waals surface area contributed by atoms with Gasteiger partial charge in [-0.05, 0) is 12.3 Å². The molecule has 11 heavy (non-hydrogen) atoms. The van der Waals surface area contributed by atoms with Gasteiger partial charge in [0.15, 0.2) is 0 Å². The van der Waals surface area contributed by atoms with Gasteiger partial charge in [-0.1, -0.05) is 19.8 Å². The van der Waals surface area contributed by atoms with Gasteiger partial charge >= 0.3 is 5.97 Å². The van der Waals surface area contributed by atoms with Gasteiger partial charge in [-0.25, -0.2) is 0 Å². The molecule has 0 aliphatic heterocycles. The predicted molar refractivity (Wildman–Crippen MR) is 41.8 cm³/mol. The smallest absolute Gasteiger partial charge is 0.308 e. The molecule has 1 saturated carbocycles. The van der Waals surface area contributed by atoms with E-state index in [1.54, 1.807) is 6.92 Å². The molecule has 0 aromatic heterocycles. The monoisotopic (exact) mass is 152 g/mol. The molecule has 2 unspecified atom stereocenters. The van der Waals surface area contributed by atoms with Gasteiger partial charge in [0.1, 0.15) is 0 Å². The van der Waals surface area contributed by atoms with Crippen molar-refractivity contribution in [1.82, 2.24) is 0 Å². The minimum absolute atomic E-state index is 0.0602. The van der Waals surface area contributed by atoms with Gasteiger partial charge in [0.25, 0.3) is 0 Å². The van der Waals surface area contributed by atoms with Crippen molar-refractivity contribution in [2.75, 3.05) is 0 Å². The van der Waals surface area contributed by atoms with E-state index in [9.17, 15) is 4.79 Å². The Hall–Kier alpha value is -0.970. The zero-order valence-corrected chi connectivity index (χ0v) is 7.01. The van der Waals surface area contributed by atoms with Crippen molar-refractivity contribution < 1.29 is 9.90 Å². The van der Waals surface area contributed by atoms with Gasteiger partial charge in [-0.15, -0.1) is 5.92 Å². The maximum atomic E-state index is 10.6. The van der Waals surface area contributed by atoms with Crippen molar-refractivity contribution in [2.24, 2.45) is 17.3 Å². The third-order valence-electron chi connectivity index (χ3n) is 2.39. The number of aliphatic carboxylic acids is 1. The van der Waals surface area contributed by atoms with Gasteiger partial charge in [0.2, 0.25) is 0 Å². The van der Waals surface area contributed by atoms with Gasteiger partial charge in [-0.2, -0.15) is 0 Å². The molecule has 1 N–H and O–H groups in total. The molecule has 0 saturated heterocycles. The lowest BCUT2D eigenvalue weighted by molar-refractivity contribution is -0.139. The van der Waals surface area contributed by atoms with Gasteiger partial charge < -0.3 is 5.11 Å². The minimum Gasteiger partial charge on any atom is -0.481 e. The van der Waals surface area contributed by atoms with E-state index in [1.165, 1.54) is 0 Å². The number of carbonyl (C=O) groups is 1. The molecule has 0 spiro atoms. The molecule has 1 aliphatic rings. The average molecular weight is 152 g/mol. The molecule has 0 heterocycles. The first-order valence-corrected chi connectivity index (χ1v) is 3.67. The predicted octanol–water partition coefficient (Wildman–Crippen LogP) is 1.37. The molecule has 1 rings (SSSR count). The summed E-state index contributed by atoms with van der Waals surface area (Å²) in [4.78, 5) is 10.6. The van der Waals surface area contributed by atoms with Crippen LogP contribution < -0.4 is 0 Å². The summed E-state index contributed by atoms with van der Waals surface area (Å²) in [7, 11) is 0. The first-order chi connectivity index (χ1) is 5.01. The summed E-state index contributed by atoms with van der Waals surface area (Å²) in [6, 6.07) is 0. The Kier molecular flexibility index (Phi) is 1.67. The van der Waals surface area contributed by atoms with E-state index in [1.807, 2.05) is 13.8 Å². The highest BCUT2D eigenvalue weighted by Gasteiger charge is 2.61. The third-order valence-corrected chi connectivity index (χ3v) is 2.39. The number of rotatable bonds is 1. The molecule has 2 heteroatoms. The minimum atomic E-state index is -0.720. The van der Waals surface area contributed by atoms with E-state index in [4.69, 9.17) is 5.11 Å². The lowest BCUT2D eigenvalue weighted by Gasteiger charge is -1.94. The van der Waals surface area contributed by atoms with Crippen LogP contribution in [0.3, 0.4) is 0 Å². The van der Waals surface area contributed by atoms with Gasteiger partial charge in [-0.3, -0.25) is 4.79 Å². The highest BCUT2D eigenvalue weighted by atomic mass is 16.4. The lowest BCUT2D eigenvalue weighted by atomic mass is 10.1. The van der Waals surface area contributed by atoms with Crippen LogP contribution in [-0.2, 0) is 4.79 Å². The van der Waals surface area contributed by atoms with Gasteiger partial charge in [0.05, 0.1) is 5.92 Å². The molecule has 0 radical (unpaired) electrons. The Labute approximate surface area is 66.6 Å². The maximum Gasteiger partial charge on any atom is 0.308 e. The van der Waals surface area contributed by atoms with E-state index in [-0.39, 0.29) is 17.3 Å². The SMILES string of the molecule is CC#CC1C(C(=O)O)C1(C)C. The third kappa shape index (κ3) is 1.11. The van der Waals surface area contributed by atoms with Crippen molar-refractivity contribution >= 4 is 5.97 Å². The van der Waals surface area contributed by atoms with E-state index < -0.39 is 5.97 Å². The molecule has 1 aliphatic carbocycles. The van der Waals surface area contributed by atoms with E-state index in [0.29, 0.717) is 0 Å². The topological polar surface area (TPSA) is 37.3 Å². The number of carboxylic acid groups (broad SMARTS) is 1. The maximum absolute atomic E-state index is 10.6. The molecular weight excluding hydrogens is 140 g/mol. The van der Waals surface area contributed by atoms with Crippen LogP contribution in [0.4, 0.5) is 0 Å². The summed E-state index contributed by atoms with van der Waals surface area (Å²) in [5.74, 6) is 4.75. The lowest BCUT2D eigenvalue weighted by Crippen LogP contribution is -2.02. The quantitative estimate of drug-likeness (QED) is 0.576. The van der Waals surface area contributed by atoms with Crippen molar-refractivity contribution in [3.63, 3.8) is 0 Å². The number of hydrogen-bond acceptors (Lipinski definition) is 1. The molecule has 0 bridgehead atoms. The molecule has 2 nitrogen and oxygen atoms in total. The van der Waals surface area contributed by atoms with E-state index in [2.05, 4.69) is 11.8 Å². The Morgan fingerprint density at radius 1 is 1.55 bits per heavy atom. The summed E-state index contributed by atoms with van der Waals surface area (Å²) < 4.78 is 0. The summed E-state index contributed by atoms with van der Waals surface area (Å²) in [6.45, 7) is 5.63. The molecule has 1 fully saturated rings. The van der Waals surface area contributed by atoms with Crippen molar-refractivity contribution in [2.45, 2.75) is 20.8 Å². The molecule has 0 aromatic rings. The zero-order chi connectivity index (χ0) is 8.65. The molecular formula is C9H12O2. The van der Waals surface area contributed by atoms with Crippen molar-refractivity contribution in [1.29, 1.82) is 0 Å². The second-order valence-electron chi connectivity index (χ2n) is 3.51. The van der Waals surface area contributed by atoms with Crippen LogP contribution in [0.1, 0.15) is 20.8 Å². The Morgan fingerprint density at radius 3 is 2.36 bits per heavy atom. The van der Waals surface area contributed by atoms with Crippen LogP contribution in [0.5, 0.6) is 0 Å². The van der Waals surface area contributed by atoms with Crippen LogP contribution >= 0.6 is 0 Å². The summed E-state index contributed by atoms with van der Waals surface area (Å²) in [6.07, 6.45) is 0. The van der Waals surface area contributed by atoms with E-state index >= 15 is 0 Å². The highest BCUT2D eigenvalue weighted by Crippen LogP contribution is 2.57. The second kappa shape index (κ2) is 2.27. The molecule has 0 amide bonds. The summed E-state index contributed by atoms with van der Waals surface area (Å²) in [5, 5.41) is 8.72. The summed E-state index contributed by atoms with van der Waals surface area (Å²) >= 11 is 0. The summed E-state index contributed by atoms with van der Waals surface area (Å²) in [5.41, 5.74) is -0.116. The first kappa shape index (κ1) is 8.13. The fourth-order valence-electron chi connectivity index (χ4n) is 1.52. The van der Waals surface area contributed by atoms with Crippen LogP contribution in [0.2, 0.25) is 0 Å². The fourth-order valence-corrected chi connectivity index (χ4v) is 1.52. The van der Waals surface area contributed by atoms with Crippen molar-refractivity contribution in [3.05, 3.63) is 0 Å². The molecule has 2 atom stereocenters. The Morgan fingerprint density at radius 2 is 2.09 bits per heavy atom. The van der Waals surface area contributed by atoms with Crippen LogP contribution in [0, 0.1) is 29.1 Å². The second-order valence-corrected chi connectivity index (χ2v) is 3.51. The first-order valence-electron chi connectivity index (χ1n) is 3.67. The average Bonchev–Trinajstić information content (AvgIpc) is 2.35. The Balaban J connectivity index is 2.73. The normalized spacial score (nSPS) is 31.9. The molecule has 60 valence electrons. The largest absolute Gasteiger partial charge is 0.481 e. The zero-order valence-electron chi connectivity index (χ0n) is 7.01. The van der Waals surface area contributed by atoms with E-state index in [0.717, 1.165) is 0 Å². The number of carboxylic acids is 1.